The van der Waals surface area contributed by atoms with Gasteiger partial charge in [-0.3, -0.25) is 4.79 Å². The zero-order chi connectivity index (χ0) is 7.98. The molecule has 10 heavy (non-hydrogen) atoms. The van der Waals surface area contributed by atoms with Crippen LogP contribution in [0.5, 0.6) is 0 Å². The maximum Gasteiger partial charge on any atom is 0.322 e. The van der Waals surface area contributed by atoms with Gasteiger partial charge < -0.3 is 10.8 Å². The van der Waals surface area contributed by atoms with Gasteiger partial charge in [-0.25, -0.2) is 5.73 Å². The molecule has 0 aliphatic heterocycles. The minimum absolute atomic E-state index is 0.409. The molecule has 1 atom stereocenters. The molecule has 4 N–H and O–H groups in total. The average Bonchev–Trinajstić information content (AvgIpc) is 1.88. The molecule has 0 unspecified atom stereocenters. The fraction of sp³-hybridized carbons (Fsp3) is 0.833. The van der Waals surface area contributed by atoms with E-state index < -0.39 is 12.0 Å². The van der Waals surface area contributed by atoms with Crippen molar-refractivity contribution in [1.82, 2.24) is 5.73 Å². The van der Waals surface area contributed by atoms with Gasteiger partial charge in [0.15, 0.2) is 0 Å². The van der Waals surface area contributed by atoms with Gasteiger partial charge in [-0.05, 0) is 25.8 Å². The number of aliphatic carboxylic acids is 1. The third-order valence-corrected chi connectivity index (χ3v) is 1.25. The number of nitrogens with two attached hydrogens (primary N) is 1. The van der Waals surface area contributed by atoms with Gasteiger partial charge in [-0.15, -0.1) is 0 Å². The first-order chi connectivity index (χ1) is 4.68. The van der Waals surface area contributed by atoms with E-state index in [0.29, 0.717) is 13.0 Å². The standard InChI is InChI=1S/C6H13N2O2/c7-4-2-1-3-5(8)6(9)10/h5,8H,1-4,7H2,(H,9,10)/t5-/m0/s1. The van der Waals surface area contributed by atoms with Crippen molar-refractivity contribution in [2.24, 2.45) is 5.73 Å². The molecule has 4 heteroatoms. The van der Waals surface area contributed by atoms with Gasteiger partial charge in [-0.2, -0.15) is 0 Å². The topological polar surface area (TPSA) is 87.1 Å². The van der Waals surface area contributed by atoms with Gasteiger partial charge in [-0.1, -0.05) is 0 Å². The molecule has 0 aliphatic rings. The summed E-state index contributed by atoms with van der Waals surface area (Å²) < 4.78 is 0. The van der Waals surface area contributed by atoms with Crippen LogP contribution in [-0.2, 0) is 4.79 Å². The highest BCUT2D eigenvalue weighted by Gasteiger charge is 2.10. The summed E-state index contributed by atoms with van der Waals surface area (Å²) in [5.74, 6) is -1.04. The Labute approximate surface area is 60.2 Å². The van der Waals surface area contributed by atoms with Crippen molar-refractivity contribution in [3.8, 4) is 0 Å². The van der Waals surface area contributed by atoms with Gasteiger partial charge >= 0.3 is 5.97 Å². The first-order valence-electron chi connectivity index (χ1n) is 3.32. The van der Waals surface area contributed by atoms with Crippen LogP contribution in [0, 0.1) is 0 Å². The molecule has 0 aromatic rings. The number of rotatable bonds is 5. The molecule has 0 bridgehead atoms. The second kappa shape index (κ2) is 5.20. The second-order valence-corrected chi connectivity index (χ2v) is 2.18. The van der Waals surface area contributed by atoms with Crippen molar-refractivity contribution in [1.29, 1.82) is 0 Å². The number of hydrogen-bond donors (Lipinski definition) is 2. The molecule has 0 saturated carbocycles. The third kappa shape index (κ3) is 4.29. The maximum atomic E-state index is 10.1. The fourth-order valence-electron chi connectivity index (χ4n) is 0.616. The lowest BCUT2D eigenvalue weighted by Crippen LogP contribution is -2.21. The Morgan fingerprint density at radius 1 is 1.60 bits per heavy atom. The third-order valence-electron chi connectivity index (χ3n) is 1.25. The Morgan fingerprint density at radius 3 is 2.60 bits per heavy atom. The van der Waals surface area contributed by atoms with Crippen LogP contribution in [0.1, 0.15) is 19.3 Å². The van der Waals surface area contributed by atoms with E-state index in [4.69, 9.17) is 16.6 Å². The van der Waals surface area contributed by atoms with Gasteiger partial charge in [0.05, 0.1) is 0 Å². The van der Waals surface area contributed by atoms with Gasteiger partial charge in [0, 0.05) is 0 Å². The molecule has 4 nitrogen and oxygen atoms in total. The Kier molecular flexibility index (Phi) is 4.88. The minimum atomic E-state index is -1.04. The van der Waals surface area contributed by atoms with Crippen LogP contribution in [0.15, 0.2) is 0 Å². The Bertz CT molecular complexity index is 106. The van der Waals surface area contributed by atoms with Crippen LogP contribution in [0.4, 0.5) is 0 Å². The number of carbonyl (C=O) groups is 1. The maximum absolute atomic E-state index is 10.1. The van der Waals surface area contributed by atoms with Crippen molar-refractivity contribution in [3.63, 3.8) is 0 Å². The largest absolute Gasteiger partial charge is 0.480 e. The highest BCUT2D eigenvalue weighted by Crippen LogP contribution is 1.98. The van der Waals surface area contributed by atoms with Crippen molar-refractivity contribution in [3.05, 3.63) is 0 Å². The highest BCUT2D eigenvalue weighted by atomic mass is 16.4. The summed E-state index contributed by atoms with van der Waals surface area (Å²) in [5, 5.41) is 8.26. The van der Waals surface area contributed by atoms with E-state index in [1.54, 1.807) is 0 Å². The van der Waals surface area contributed by atoms with Crippen LogP contribution in [-0.4, -0.2) is 23.7 Å². The van der Waals surface area contributed by atoms with Crippen molar-refractivity contribution >= 4 is 5.97 Å². The summed E-state index contributed by atoms with van der Waals surface area (Å²) in [6, 6.07) is -0.966. The smallest absolute Gasteiger partial charge is 0.322 e. The molecule has 0 saturated heterocycles. The summed E-state index contributed by atoms with van der Waals surface area (Å²) in [4.78, 5) is 10.1. The SMILES string of the molecule is [NH][C@@H](CCCCN)C(=O)O. The van der Waals surface area contributed by atoms with E-state index in [9.17, 15) is 4.79 Å². The molecule has 0 aromatic heterocycles. The monoisotopic (exact) mass is 145 g/mol. The van der Waals surface area contributed by atoms with E-state index in [0.717, 1.165) is 12.8 Å². The van der Waals surface area contributed by atoms with Gasteiger partial charge in [0.2, 0.25) is 0 Å². The van der Waals surface area contributed by atoms with Crippen LogP contribution in [0.3, 0.4) is 0 Å². The number of carboxylic acid groups (broad SMARTS) is 1. The molecule has 0 aliphatic carbocycles. The summed E-state index contributed by atoms with van der Waals surface area (Å²) >= 11 is 0. The first-order valence-corrected chi connectivity index (χ1v) is 3.32. The lowest BCUT2D eigenvalue weighted by atomic mass is 10.1. The number of unbranched alkanes of at least 4 members (excludes halogenated alkanes) is 1. The molecule has 0 fully saturated rings. The molecule has 0 rings (SSSR count). The Balaban J connectivity index is 3.21. The Morgan fingerprint density at radius 2 is 2.20 bits per heavy atom. The first kappa shape index (κ1) is 9.39. The molecular weight excluding hydrogens is 132 g/mol. The molecule has 0 amide bonds. The van der Waals surface area contributed by atoms with Gasteiger partial charge in [0.25, 0.3) is 0 Å². The second-order valence-electron chi connectivity index (χ2n) is 2.18. The molecular formula is C6H13N2O2. The molecule has 0 aromatic carbocycles. The van der Waals surface area contributed by atoms with Crippen molar-refractivity contribution < 1.29 is 9.90 Å². The normalized spacial score (nSPS) is 13.0. The van der Waals surface area contributed by atoms with Crippen LogP contribution in [0.25, 0.3) is 0 Å². The van der Waals surface area contributed by atoms with Crippen LogP contribution >= 0.6 is 0 Å². The predicted molar refractivity (Wildman–Crippen MR) is 37.4 cm³/mol. The zero-order valence-electron chi connectivity index (χ0n) is 5.84. The molecule has 59 valence electrons. The van der Waals surface area contributed by atoms with E-state index >= 15 is 0 Å². The summed E-state index contributed by atoms with van der Waals surface area (Å²) in [5.41, 5.74) is 12.1. The average molecular weight is 145 g/mol. The van der Waals surface area contributed by atoms with Crippen LogP contribution in [0.2, 0.25) is 0 Å². The molecule has 0 spiro atoms. The van der Waals surface area contributed by atoms with E-state index in [1.165, 1.54) is 0 Å². The predicted octanol–water partition coefficient (Wildman–Crippen LogP) is -0.149. The number of nitrogens with one attached hydrogen (secondary N) is 1. The fourth-order valence-corrected chi connectivity index (χ4v) is 0.616. The van der Waals surface area contributed by atoms with Crippen LogP contribution < -0.4 is 11.5 Å². The summed E-state index contributed by atoms with van der Waals surface area (Å²) in [6.45, 7) is 0.576. The van der Waals surface area contributed by atoms with E-state index in [2.05, 4.69) is 0 Å². The lowest BCUT2D eigenvalue weighted by molar-refractivity contribution is -0.138. The number of carboxylic acids is 1. The molecule has 1 radical (unpaired) electrons. The van der Waals surface area contributed by atoms with Crippen molar-refractivity contribution in [2.45, 2.75) is 25.3 Å². The quantitative estimate of drug-likeness (QED) is 0.527. The highest BCUT2D eigenvalue weighted by molar-refractivity contribution is 5.72. The minimum Gasteiger partial charge on any atom is -0.480 e. The van der Waals surface area contributed by atoms with Gasteiger partial charge in [0.1, 0.15) is 6.04 Å². The Hall–Kier alpha value is -0.610. The van der Waals surface area contributed by atoms with E-state index in [1.807, 2.05) is 0 Å². The van der Waals surface area contributed by atoms with Crippen molar-refractivity contribution in [2.75, 3.05) is 6.54 Å². The summed E-state index contributed by atoms with van der Waals surface area (Å²) in [7, 11) is 0. The lowest BCUT2D eigenvalue weighted by Gasteiger charge is -2.02. The summed E-state index contributed by atoms with van der Waals surface area (Å²) in [6.07, 6.45) is 1.95. The number of hydrogen-bond acceptors (Lipinski definition) is 2. The molecule has 0 heterocycles. The zero-order valence-corrected chi connectivity index (χ0v) is 5.84. The van der Waals surface area contributed by atoms with E-state index in [-0.39, 0.29) is 0 Å².